The second-order valence-corrected chi connectivity index (χ2v) is 15.1. The second kappa shape index (κ2) is 11.0. The molecule has 4 heteroatoms. The van der Waals surface area contributed by atoms with Crippen molar-refractivity contribution in [2.45, 2.75) is 38.5 Å². The van der Waals surface area contributed by atoms with Gasteiger partial charge in [0.1, 0.15) is 0 Å². The molecule has 0 saturated carbocycles. The third-order valence-corrected chi connectivity index (χ3v) is 12.1. The van der Waals surface area contributed by atoms with E-state index in [1.807, 2.05) is 72.0 Å². The summed E-state index contributed by atoms with van der Waals surface area (Å²) in [6.07, 6.45) is 0. The number of benzene rings is 6. The normalized spacial score (nSPS) is 14.4. The van der Waals surface area contributed by atoms with Crippen LogP contribution in [0.4, 0.5) is 0 Å². The van der Waals surface area contributed by atoms with E-state index in [9.17, 15) is 0 Å². The molecule has 0 amide bonds. The first-order valence-electron chi connectivity index (χ1n) is 16.9. The van der Waals surface area contributed by atoms with E-state index in [2.05, 4.69) is 107 Å². The van der Waals surface area contributed by atoms with Crippen molar-refractivity contribution in [2.24, 2.45) is 0 Å². The summed E-state index contributed by atoms with van der Waals surface area (Å²) >= 11 is 1.90. The molecule has 49 heavy (non-hydrogen) atoms. The lowest BCUT2D eigenvalue weighted by atomic mass is 9.55. The van der Waals surface area contributed by atoms with Gasteiger partial charge in [0.2, 0.25) is 0 Å². The first-order chi connectivity index (χ1) is 23.8. The van der Waals surface area contributed by atoms with Crippen LogP contribution in [0.1, 0.15) is 38.8 Å². The summed E-state index contributed by atoms with van der Waals surface area (Å²) in [5, 5.41) is 2.73. The molecule has 9 rings (SSSR count). The highest BCUT2D eigenvalue weighted by Crippen LogP contribution is 2.57. The Morgan fingerprint density at radius 1 is 0.429 bits per heavy atom. The summed E-state index contributed by atoms with van der Waals surface area (Å²) < 4.78 is 2.66. The fraction of sp³-hybridized carbons (Fsp3) is 0.133. The zero-order valence-electron chi connectivity index (χ0n) is 28.0. The molecule has 3 nitrogen and oxygen atoms in total. The minimum atomic E-state index is -0.0659. The topological polar surface area (TPSA) is 38.7 Å². The van der Waals surface area contributed by atoms with Crippen LogP contribution in [0.2, 0.25) is 0 Å². The number of thiophene rings is 1. The van der Waals surface area contributed by atoms with Crippen LogP contribution in [0.25, 0.3) is 76.6 Å². The summed E-state index contributed by atoms with van der Waals surface area (Å²) in [5.74, 6) is 2.00. The largest absolute Gasteiger partial charge is 0.208 e. The van der Waals surface area contributed by atoms with Crippen molar-refractivity contribution in [1.29, 1.82) is 0 Å². The highest BCUT2D eigenvalue weighted by molar-refractivity contribution is 7.26. The molecule has 0 radical (unpaired) electrons. The fourth-order valence-electron chi connectivity index (χ4n) is 7.64. The minimum absolute atomic E-state index is 0.0254. The highest BCUT2D eigenvalue weighted by atomic mass is 32.1. The lowest BCUT2D eigenvalue weighted by molar-refractivity contribution is 0.301. The van der Waals surface area contributed by atoms with Gasteiger partial charge in [-0.2, -0.15) is 0 Å². The molecule has 1 aliphatic carbocycles. The van der Waals surface area contributed by atoms with Gasteiger partial charge in [-0.1, -0.05) is 161 Å². The number of aromatic nitrogens is 3. The first kappa shape index (κ1) is 29.7. The molecule has 2 aromatic heterocycles. The van der Waals surface area contributed by atoms with Crippen LogP contribution in [0.15, 0.2) is 140 Å². The summed E-state index contributed by atoms with van der Waals surface area (Å²) in [7, 11) is 0. The van der Waals surface area contributed by atoms with Crippen molar-refractivity contribution in [2.75, 3.05) is 0 Å². The van der Waals surface area contributed by atoms with Gasteiger partial charge < -0.3 is 0 Å². The number of hydrogen-bond donors (Lipinski definition) is 0. The molecular formula is C45H35N3S. The predicted molar refractivity (Wildman–Crippen MR) is 206 cm³/mol. The Balaban J connectivity index is 1.17. The van der Waals surface area contributed by atoms with Crippen molar-refractivity contribution < 1.29 is 0 Å². The van der Waals surface area contributed by atoms with E-state index in [1.54, 1.807) is 0 Å². The van der Waals surface area contributed by atoms with Crippen LogP contribution in [0, 0.1) is 0 Å². The van der Waals surface area contributed by atoms with Gasteiger partial charge in [0.15, 0.2) is 17.5 Å². The molecule has 8 aromatic rings. The number of fused-ring (bicyclic) bond motifs is 7. The highest BCUT2D eigenvalue weighted by Gasteiger charge is 2.46. The van der Waals surface area contributed by atoms with E-state index in [0.717, 1.165) is 16.7 Å². The van der Waals surface area contributed by atoms with Crippen molar-refractivity contribution in [3.63, 3.8) is 0 Å². The molecule has 1 aliphatic rings. The molecule has 2 heterocycles. The van der Waals surface area contributed by atoms with Crippen molar-refractivity contribution in [1.82, 2.24) is 15.0 Å². The van der Waals surface area contributed by atoms with E-state index in [1.165, 1.54) is 53.6 Å². The van der Waals surface area contributed by atoms with Crippen LogP contribution >= 0.6 is 11.3 Å². The maximum absolute atomic E-state index is 4.94. The van der Waals surface area contributed by atoms with Crippen molar-refractivity contribution in [3.05, 3.63) is 151 Å². The average Bonchev–Trinajstić information content (AvgIpc) is 3.53. The third kappa shape index (κ3) is 4.58. The predicted octanol–water partition coefficient (Wildman–Crippen LogP) is 12.1. The van der Waals surface area contributed by atoms with Crippen molar-refractivity contribution >= 4 is 31.5 Å². The molecule has 0 aliphatic heterocycles. The molecule has 0 fully saturated rings. The Morgan fingerprint density at radius 3 is 1.59 bits per heavy atom. The van der Waals surface area contributed by atoms with Crippen LogP contribution < -0.4 is 0 Å². The Hall–Kier alpha value is -5.45. The van der Waals surface area contributed by atoms with E-state index < -0.39 is 0 Å². The van der Waals surface area contributed by atoms with Gasteiger partial charge in [-0.3, -0.25) is 0 Å². The molecular weight excluding hydrogens is 615 g/mol. The van der Waals surface area contributed by atoms with Gasteiger partial charge in [-0.15, -0.1) is 11.3 Å². The van der Waals surface area contributed by atoms with Gasteiger partial charge in [0.05, 0.1) is 0 Å². The first-order valence-corrected chi connectivity index (χ1v) is 17.7. The van der Waals surface area contributed by atoms with Gasteiger partial charge in [0.25, 0.3) is 0 Å². The summed E-state index contributed by atoms with van der Waals surface area (Å²) in [6.45, 7) is 9.68. The lowest BCUT2D eigenvalue weighted by Crippen LogP contribution is -2.43. The fourth-order valence-corrected chi connectivity index (χ4v) is 8.89. The van der Waals surface area contributed by atoms with Gasteiger partial charge >= 0.3 is 0 Å². The third-order valence-electron chi connectivity index (χ3n) is 10.9. The quantitative estimate of drug-likeness (QED) is 0.190. The molecule has 0 bridgehead atoms. The van der Waals surface area contributed by atoms with Crippen LogP contribution in [-0.4, -0.2) is 15.0 Å². The zero-order valence-corrected chi connectivity index (χ0v) is 28.8. The Kier molecular flexibility index (Phi) is 6.69. The molecule has 0 atom stereocenters. The Morgan fingerprint density at radius 2 is 0.959 bits per heavy atom. The SMILES string of the molecule is CC1(C)c2ccccc2-c2ccc3sc4c(-c5ccc(-c6nc(-c7ccccc7)nc(-c7ccccc7)n6)cc5)cccc4c3c2C1(C)C. The average molecular weight is 650 g/mol. The number of hydrogen-bond acceptors (Lipinski definition) is 4. The Bertz CT molecular complexity index is 2470. The van der Waals surface area contributed by atoms with E-state index in [0.29, 0.717) is 17.5 Å². The standard InChI is InChI=1S/C45H35N3S/c1-44(2)36-21-12-11-18-33(36)34-26-27-37-38(39(34)45(44,3)4)35-20-13-19-32(40(35)49-37)28-22-24-31(25-23-28)43-47-41(29-14-7-5-8-15-29)46-42(48-43)30-16-9-6-10-17-30/h5-27H,1-4H3. The van der Waals surface area contributed by atoms with Crippen LogP contribution in [0.3, 0.4) is 0 Å². The molecule has 0 saturated heterocycles. The number of nitrogens with zero attached hydrogens (tertiary/aromatic N) is 3. The minimum Gasteiger partial charge on any atom is -0.208 e. The summed E-state index contributed by atoms with van der Waals surface area (Å²) in [6, 6.07) is 49.4. The smallest absolute Gasteiger partial charge is 0.164 e. The van der Waals surface area contributed by atoms with Crippen LogP contribution in [-0.2, 0) is 10.8 Å². The molecule has 236 valence electrons. The second-order valence-electron chi connectivity index (χ2n) is 14.1. The molecule has 0 unspecified atom stereocenters. The summed E-state index contributed by atoms with van der Waals surface area (Å²) in [4.78, 5) is 14.7. The van der Waals surface area contributed by atoms with Crippen molar-refractivity contribution in [3.8, 4) is 56.4 Å². The Labute approximate surface area is 291 Å². The van der Waals surface area contributed by atoms with E-state index in [4.69, 9.17) is 15.0 Å². The van der Waals surface area contributed by atoms with E-state index >= 15 is 0 Å². The maximum Gasteiger partial charge on any atom is 0.164 e. The van der Waals surface area contributed by atoms with E-state index in [-0.39, 0.29) is 10.8 Å². The number of rotatable bonds is 4. The maximum atomic E-state index is 4.94. The van der Waals surface area contributed by atoms with Gasteiger partial charge in [0, 0.05) is 42.3 Å². The zero-order chi connectivity index (χ0) is 33.3. The molecule has 0 spiro atoms. The summed E-state index contributed by atoms with van der Waals surface area (Å²) in [5.41, 5.74) is 10.8. The molecule has 0 N–H and O–H groups in total. The molecule has 6 aromatic carbocycles. The van der Waals surface area contributed by atoms with Gasteiger partial charge in [-0.25, -0.2) is 15.0 Å². The lowest BCUT2D eigenvalue weighted by Gasteiger charge is -2.48. The monoisotopic (exact) mass is 649 g/mol. The van der Waals surface area contributed by atoms with Gasteiger partial charge in [-0.05, 0) is 44.9 Å². The van der Waals surface area contributed by atoms with Crippen LogP contribution in [0.5, 0.6) is 0 Å².